The van der Waals surface area contributed by atoms with Gasteiger partial charge in [-0.15, -0.1) is 0 Å². The second kappa shape index (κ2) is 10.6. The van der Waals surface area contributed by atoms with E-state index in [9.17, 15) is 9.90 Å². The van der Waals surface area contributed by atoms with E-state index in [-0.39, 0.29) is 17.4 Å². The van der Waals surface area contributed by atoms with Crippen LogP contribution in [0.15, 0.2) is 60.8 Å². The van der Waals surface area contributed by atoms with E-state index in [0.29, 0.717) is 22.4 Å². The van der Waals surface area contributed by atoms with Crippen molar-refractivity contribution in [3.05, 3.63) is 82.0 Å². The normalized spacial score (nSPS) is 24.0. The van der Waals surface area contributed by atoms with Crippen molar-refractivity contribution in [2.24, 2.45) is 11.1 Å². The van der Waals surface area contributed by atoms with Crippen molar-refractivity contribution in [3.63, 3.8) is 0 Å². The number of carbonyl (C=O) groups is 1. The Morgan fingerprint density at radius 3 is 2.39 bits per heavy atom. The van der Waals surface area contributed by atoms with Gasteiger partial charge in [-0.3, -0.25) is 9.48 Å². The van der Waals surface area contributed by atoms with Crippen LogP contribution in [0.3, 0.4) is 0 Å². The van der Waals surface area contributed by atoms with Crippen LogP contribution in [0.25, 0.3) is 0 Å². The molecule has 1 aliphatic rings. The van der Waals surface area contributed by atoms with E-state index in [0.717, 1.165) is 17.5 Å². The Kier molecular flexibility index (Phi) is 7.99. The van der Waals surface area contributed by atoms with Crippen LogP contribution in [0, 0.1) is 5.41 Å². The number of hydrogen-bond acceptors (Lipinski definition) is 5. The first-order valence-corrected chi connectivity index (χ1v) is 13.5. The number of nitrogens with one attached hydrogen (secondary N) is 2. The fraction of sp³-hybridized carbons (Fsp3) is 0.448. The zero-order valence-corrected chi connectivity index (χ0v) is 24.0. The van der Waals surface area contributed by atoms with Crippen LogP contribution in [0.5, 0.6) is 0 Å². The predicted octanol–water partition coefficient (Wildman–Crippen LogP) is 5.31. The van der Waals surface area contributed by atoms with Crippen LogP contribution < -0.4 is 16.4 Å². The molecular formula is C29H37Cl2N5O2. The highest BCUT2D eigenvalue weighted by molar-refractivity contribution is 6.30. The summed E-state index contributed by atoms with van der Waals surface area (Å²) in [5.74, 6) is -0.281. The van der Waals surface area contributed by atoms with E-state index in [1.807, 2.05) is 48.5 Å². The average molecular weight is 559 g/mol. The summed E-state index contributed by atoms with van der Waals surface area (Å²) in [6.07, 6.45) is 2.46. The van der Waals surface area contributed by atoms with Gasteiger partial charge >= 0.3 is 0 Å². The van der Waals surface area contributed by atoms with Crippen LogP contribution in [0.4, 0.5) is 5.82 Å². The molecule has 3 aromatic rings. The molecule has 0 unspecified atom stereocenters. The van der Waals surface area contributed by atoms with E-state index in [4.69, 9.17) is 28.9 Å². The smallest absolute Gasteiger partial charge is 0.243 e. The lowest BCUT2D eigenvalue weighted by molar-refractivity contribution is -0.118. The van der Waals surface area contributed by atoms with Gasteiger partial charge in [0.25, 0.3) is 0 Å². The summed E-state index contributed by atoms with van der Waals surface area (Å²) in [6.45, 7) is 10.2. The van der Waals surface area contributed by atoms with Crippen molar-refractivity contribution in [3.8, 4) is 0 Å². The van der Waals surface area contributed by atoms with Crippen LogP contribution in [-0.4, -0.2) is 38.5 Å². The minimum Gasteiger partial charge on any atom is -0.389 e. The minimum atomic E-state index is -0.940. The molecule has 0 aliphatic carbocycles. The number of halogens is 2. The van der Waals surface area contributed by atoms with E-state index >= 15 is 0 Å². The van der Waals surface area contributed by atoms with Gasteiger partial charge in [0, 0.05) is 34.3 Å². The lowest BCUT2D eigenvalue weighted by Crippen LogP contribution is -2.51. The second-order valence-electron chi connectivity index (χ2n) is 12.1. The quantitative estimate of drug-likeness (QED) is 0.315. The molecule has 0 saturated carbocycles. The molecule has 1 saturated heterocycles. The van der Waals surface area contributed by atoms with Gasteiger partial charge in [0.15, 0.2) is 5.82 Å². The summed E-state index contributed by atoms with van der Waals surface area (Å²) >= 11 is 12.7. The number of nitrogens with two attached hydrogens (primary N) is 1. The lowest BCUT2D eigenvalue weighted by atomic mass is 9.68. The second-order valence-corrected chi connectivity index (χ2v) is 13.0. The first-order valence-electron chi connectivity index (χ1n) is 12.8. The molecule has 0 spiro atoms. The molecule has 4 atom stereocenters. The average Bonchev–Trinajstić information content (AvgIpc) is 3.34. The molecule has 0 bridgehead atoms. The number of carbonyl (C=O) groups excluding carboxylic acids is 1. The first kappa shape index (κ1) is 28.6. The summed E-state index contributed by atoms with van der Waals surface area (Å²) in [5, 5.41) is 22.3. The van der Waals surface area contributed by atoms with Crippen molar-refractivity contribution in [2.45, 2.75) is 76.7 Å². The van der Waals surface area contributed by atoms with E-state index in [1.54, 1.807) is 30.8 Å². The fourth-order valence-electron chi connectivity index (χ4n) is 5.42. The predicted molar refractivity (Wildman–Crippen MR) is 153 cm³/mol. The molecule has 2 heterocycles. The summed E-state index contributed by atoms with van der Waals surface area (Å²) in [7, 11) is 0. The standard InChI is InChI=1S/C29H37Cl2N5O2/c1-27(2,3)16-22-29(32,19-9-11-20(30)12-10-19)24(18-7-6-8-21(31)15-18)25(33-22)26(37)34-23-13-14-36(35-23)17-28(4,5)38/h6-15,22,24-25,33,38H,16-17,32H2,1-5H3,(H,34,35,37)/t22-,24-,25+,29+/m0/s1. The number of nitrogens with zero attached hydrogens (tertiary/aromatic N) is 2. The van der Waals surface area contributed by atoms with Gasteiger partial charge in [-0.2, -0.15) is 5.10 Å². The summed E-state index contributed by atoms with van der Waals surface area (Å²) in [4.78, 5) is 13.9. The first-order chi connectivity index (χ1) is 17.7. The fourth-order valence-corrected chi connectivity index (χ4v) is 5.74. The maximum atomic E-state index is 13.9. The van der Waals surface area contributed by atoms with Gasteiger partial charge in [0.1, 0.15) is 0 Å². The Bertz CT molecular complexity index is 1280. The largest absolute Gasteiger partial charge is 0.389 e. The van der Waals surface area contributed by atoms with Gasteiger partial charge in [-0.25, -0.2) is 0 Å². The molecule has 204 valence electrons. The van der Waals surface area contributed by atoms with Gasteiger partial charge < -0.3 is 21.5 Å². The van der Waals surface area contributed by atoms with Gasteiger partial charge in [-0.05, 0) is 61.1 Å². The third kappa shape index (κ3) is 6.41. The molecule has 4 rings (SSSR count). The Morgan fingerprint density at radius 2 is 1.79 bits per heavy atom. The van der Waals surface area contributed by atoms with Crippen LogP contribution in [0.1, 0.15) is 58.1 Å². The Morgan fingerprint density at radius 1 is 1.11 bits per heavy atom. The Hall–Kier alpha value is -2.42. The highest BCUT2D eigenvalue weighted by Crippen LogP contribution is 2.48. The zero-order chi connectivity index (χ0) is 27.9. The van der Waals surface area contributed by atoms with Gasteiger partial charge in [0.05, 0.1) is 23.7 Å². The molecule has 5 N–H and O–H groups in total. The molecule has 1 aliphatic heterocycles. The maximum Gasteiger partial charge on any atom is 0.243 e. The van der Waals surface area contributed by atoms with Crippen molar-refractivity contribution in [2.75, 3.05) is 5.32 Å². The van der Waals surface area contributed by atoms with Crippen LogP contribution in [-0.2, 0) is 16.9 Å². The minimum absolute atomic E-state index is 0.0607. The number of aromatic nitrogens is 2. The number of amides is 1. The van der Waals surface area contributed by atoms with Crippen molar-refractivity contribution >= 4 is 34.9 Å². The molecular weight excluding hydrogens is 521 g/mol. The van der Waals surface area contributed by atoms with E-state index in [1.165, 1.54) is 0 Å². The van der Waals surface area contributed by atoms with Gasteiger partial charge in [0.2, 0.25) is 5.91 Å². The molecule has 7 nitrogen and oxygen atoms in total. The third-order valence-corrected chi connectivity index (χ3v) is 7.38. The zero-order valence-electron chi connectivity index (χ0n) is 22.5. The Balaban J connectivity index is 1.76. The van der Waals surface area contributed by atoms with E-state index in [2.05, 4.69) is 36.5 Å². The van der Waals surface area contributed by atoms with Crippen LogP contribution in [0.2, 0.25) is 10.0 Å². The maximum absolute atomic E-state index is 13.9. The Labute approximate surface area is 234 Å². The molecule has 1 fully saturated rings. The van der Waals surface area contributed by atoms with E-state index < -0.39 is 23.1 Å². The SMILES string of the molecule is CC(C)(C)C[C@@H]1N[C@@H](C(=O)Nc2ccn(CC(C)(C)O)n2)[C@H](c2cccc(Cl)c2)[C@@]1(N)c1ccc(Cl)cc1. The number of aliphatic hydroxyl groups is 1. The molecule has 1 aromatic heterocycles. The van der Waals surface area contributed by atoms with Crippen molar-refractivity contribution < 1.29 is 9.90 Å². The summed E-state index contributed by atoms with van der Waals surface area (Å²) in [5.41, 5.74) is 7.25. The highest BCUT2D eigenvalue weighted by atomic mass is 35.5. The third-order valence-electron chi connectivity index (χ3n) is 6.90. The highest BCUT2D eigenvalue weighted by Gasteiger charge is 2.56. The van der Waals surface area contributed by atoms with Crippen molar-refractivity contribution in [1.82, 2.24) is 15.1 Å². The molecule has 1 amide bonds. The topological polar surface area (TPSA) is 105 Å². The number of rotatable bonds is 7. The van der Waals surface area contributed by atoms with Gasteiger partial charge in [-0.1, -0.05) is 68.2 Å². The number of benzene rings is 2. The number of hydrogen-bond donors (Lipinski definition) is 4. The number of anilines is 1. The molecule has 0 radical (unpaired) electrons. The molecule has 2 aromatic carbocycles. The molecule has 9 heteroatoms. The van der Waals surface area contributed by atoms with Crippen LogP contribution >= 0.6 is 23.2 Å². The molecule has 38 heavy (non-hydrogen) atoms. The van der Waals surface area contributed by atoms with Crippen molar-refractivity contribution in [1.29, 1.82) is 0 Å². The summed E-state index contributed by atoms with van der Waals surface area (Å²) < 4.78 is 1.61. The monoisotopic (exact) mass is 557 g/mol. The summed E-state index contributed by atoms with van der Waals surface area (Å²) in [6, 6.07) is 15.9. The lowest BCUT2D eigenvalue weighted by Gasteiger charge is -2.39.